The minimum atomic E-state index is -0.0161. The number of amides is 1. The van der Waals surface area contributed by atoms with Crippen LogP contribution in [0.4, 0.5) is 0 Å². The number of hydrogen-bond acceptors (Lipinski definition) is 5. The van der Waals surface area contributed by atoms with Crippen molar-refractivity contribution in [1.82, 2.24) is 24.9 Å². The molecule has 0 aromatic rings. The maximum Gasteiger partial charge on any atom is 0.239 e. The first-order valence-electron chi connectivity index (χ1n) is 11.9. The second-order valence-corrected chi connectivity index (χ2v) is 8.73. The van der Waals surface area contributed by atoms with E-state index in [4.69, 9.17) is 9.73 Å². The first-order chi connectivity index (χ1) is 14.6. The zero-order valence-electron chi connectivity index (χ0n) is 19.7. The van der Waals surface area contributed by atoms with Gasteiger partial charge in [-0.2, -0.15) is 0 Å². The Balaban J connectivity index is 0.00000341. The topological polar surface area (TPSA) is 63.7 Å². The number of aliphatic imine (C=N–C) groups is 1. The Labute approximate surface area is 205 Å². The van der Waals surface area contributed by atoms with E-state index in [0.29, 0.717) is 5.91 Å². The van der Waals surface area contributed by atoms with E-state index in [1.54, 1.807) is 7.11 Å². The molecule has 3 aliphatic rings. The molecule has 2 aliphatic heterocycles. The average Bonchev–Trinajstić information content (AvgIpc) is 3.47. The number of carbonyl (C=O) groups excluding carboxylic acids is 1. The summed E-state index contributed by atoms with van der Waals surface area (Å²) in [7, 11) is 1.77. The molecule has 3 fully saturated rings. The van der Waals surface area contributed by atoms with Crippen molar-refractivity contribution in [2.45, 2.75) is 51.6 Å². The number of guanidine groups is 1. The molecule has 1 unspecified atom stereocenters. The number of methoxy groups -OCH3 is 1. The number of carbonyl (C=O) groups is 1. The van der Waals surface area contributed by atoms with E-state index in [1.165, 1.54) is 12.8 Å². The zero-order chi connectivity index (χ0) is 21.3. The normalized spacial score (nSPS) is 21.4. The molecule has 0 aromatic heterocycles. The van der Waals surface area contributed by atoms with Crippen LogP contribution in [0.25, 0.3) is 0 Å². The van der Waals surface area contributed by atoms with Gasteiger partial charge in [0.05, 0.1) is 19.2 Å². The van der Waals surface area contributed by atoms with E-state index in [0.717, 1.165) is 96.9 Å². The van der Waals surface area contributed by atoms with Crippen LogP contribution in [0.15, 0.2) is 4.99 Å². The summed E-state index contributed by atoms with van der Waals surface area (Å²) in [5, 5.41) is 3.46. The SMILES string of the molecule is CCNC(=NCCN(CCOC)C1CC1)N1CCN(C(C)C(=O)N2CCCC2)CC1.I. The minimum absolute atomic E-state index is 0. The summed E-state index contributed by atoms with van der Waals surface area (Å²) < 4.78 is 5.26. The molecular formula is C22H43IN6O2. The smallest absolute Gasteiger partial charge is 0.239 e. The van der Waals surface area contributed by atoms with Crippen molar-refractivity contribution >= 4 is 35.8 Å². The highest BCUT2D eigenvalue weighted by molar-refractivity contribution is 14.0. The molecule has 1 N–H and O–H groups in total. The van der Waals surface area contributed by atoms with Crippen molar-refractivity contribution in [3.05, 3.63) is 0 Å². The van der Waals surface area contributed by atoms with Crippen molar-refractivity contribution in [3.63, 3.8) is 0 Å². The van der Waals surface area contributed by atoms with Crippen molar-refractivity contribution in [2.75, 3.05) is 79.2 Å². The number of nitrogens with one attached hydrogen (secondary N) is 1. The van der Waals surface area contributed by atoms with Gasteiger partial charge in [-0.3, -0.25) is 19.6 Å². The van der Waals surface area contributed by atoms with Crippen molar-refractivity contribution in [1.29, 1.82) is 0 Å². The van der Waals surface area contributed by atoms with Gasteiger partial charge in [0.15, 0.2) is 5.96 Å². The molecule has 1 atom stereocenters. The number of halogens is 1. The van der Waals surface area contributed by atoms with Crippen LogP contribution in [-0.2, 0) is 9.53 Å². The molecule has 1 saturated carbocycles. The van der Waals surface area contributed by atoms with E-state index in [-0.39, 0.29) is 30.0 Å². The van der Waals surface area contributed by atoms with Crippen LogP contribution in [0.2, 0.25) is 0 Å². The Kier molecular flexibility index (Phi) is 11.8. The van der Waals surface area contributed by atoms with Gasteiger partial charge >= 0.3 is 0 Å². The van der Waals surface area contributed by atoms with Crippen LogP contribution < -0.4 is 5.32 Å². The summed E-state index contributed by atoms with van der Waals surface area (Å²) >= 11 is 0. The summed E-state index contributed by atoms with van der Waals surface area (Å²) in [5.74, 6) is 1.32. The lowest BCUT2D eigenvalue weighted by Gasteiger charge is -2.39. The Morgan fingerprint density at radius 1 is 1.10 bits per heavy atom. The summed E-state index contributed by atoms with van der Waals surface area (Å²) in [6.07, 6.45) is 4.92. The third-order valence-electron chi connectivity index (χ3n) is 6.57. The molecule has 3 rings (SSSR count). The molecule has 0 aromatic carbocycles. The Hall–Kier alpha value is -0.650. The van der Waals surface area contributed by atoms with Crippen molar-refractivity contribution in [2.24, 2.45) is 4.99 Å². The Bertz CT molecular complexity index is 560. The lowest BCUT2D eigenvalue weighted by atomic mass is 10.2. The van der Waals surface area contributed by atoms with Gasteiger partial charge in [0, 0.05) is 72.1 Å². The molecule has 2 heterocycles. The number of likely N-dealkylation sites (tertiary alicyclic amines) is 1. The highest BCUT2D eigenvalue weighted by atomic mass is 127. The van der Waals surface area contributed by atoms with E-state index < -0.39 is 0 Å². The van der Waals surface area contributed by atoms with Gasteiger partial charge in [-0.25, -0.2) is 0 Å². The van der Waals surface area contributed by atoms with Crippen LogP contribution in [0.3, 0.4) is 0 Å². The van der Waals surface area contributed by atoms with Gasteiger partial charge in [0.2, 0.25) is 5.91 Å². The summed E-state index contributed by atoms with van der Waals surface area (Å²) in [4.78, 5) is 26.9. The number of hydrogen-bond donors (Lipinski definition) is 1. The van der Waals surface area contributed by atoms with Gasteiger partial charge in [-0.15, -0.1) is 24.0 Å². The van der Waals surface area contributed by atoms with Gasteiger partial charge in [0.25, 0.3) is 0 Å². The molecule has 180 valence electrons. The first-order valence-corrected chi connectivity index (χ1v) is 11.9. The number of rotatable bonds is 10. The fraction of sp³-hybridized carbons (Fsp3) is 0.909. The highest BCUT2D eigenvalue weighted by Gasteiger charge is 2.31. The molecule has 0 radical (unpaired) electrons. The fourth-order valence-corrected chi connectivity index (χ4v) is 4.51. The fourth-order valence-electron chi connectivity index (χ4n) is 4.51. The molecule has 31 heavy (non-hydrogen) atoms. The predicted molar refractivity (Wildman–Crippen MR) is 136 cm³/mol. The lowest BCUT2D eigenvalue weighted by molar-refractivity contribution is -0.135. The minimum Gasteiger partial charge on any atom is -0.383 e. The molecule has 0 bridgehead atoms. The molecule has 8 nitrogen and oxygen atoms in total. The van der Waals surface area contributed by atoms with E-state index >= 15 is 0 Å². The molecule has 9 heteroatoms. The Morgan fingerprint density at radius 3 is 2.35 bits per heavy atom. The Morgan fingerprint density at radius 2 is 1.77 bits per heavy atom. The van der Waals surface area contributed by atoms with Crippen LogP contribution in [-0.4, -0.2) is 123 Å². The van der Waals surface area contributed by atoms with E-state index in [9.17, 15) is 4.79 Å². The van der Waals surface area contributed by atoms with Gasteiger partial charge in [-0.1, -0.05) is 0 Å². The van der Waals surface area contributed by atoms with Gasteiger partial charge in [0.1, 0.15) is 0 Å². The van der Waals surface area contributed by atoms with Gasteiger partial charge < -0.3 is 19.9 Å². The zero-order valence-corrected chi connectivity index (χ0v) is 22.1. The number of piperazine rings is 1. The molecular weight excluding hydrogens is 507 g/mol. The second-order valence-electron chi connectivity index (χ2n) is 8.73. The largest absolute Gasteiger partial charge is 0.383 e. The highest BCUT2D eigenvalue weighted by Crippen LogP contribution is 2.26. The monoisotopic (exact) mass is 550 g/mol. The molecule has 1 amide bonds. The quantitative estimate of drug-likeness (QED) is 0.252. The third kappa shape index (κ3) is 8.01. The maximum atomic E-state index is 12.7. The first kappa shape index (κ1) is 26.6. The molecule has 0 spiro atoms. The van der Waals surface area contributed by atoms with Crippen LogP contribution in [0.5, 0.6) is 0 Å². The summed E-state index contributed by atoms with van der Waals surface area (Å²) in [5.41, 5.74) is 0. The van der Waals surface area contributed by atoms with Crippen molar-refractivity contribution in [3.8, 4) is 0 Å². The maximum absolute atomic E-state index is 12.7. The van der Waals surface area contributed by atoms with Crippen LogP contribution >= 0.6 is 24.0 Å². The standard InChI is InChI=1S/C22H42N6O2.HI/c1-4-23-22(24-9-12-26(17-18-30-3)20-7-8-20)28-15-13-25(14-16-28)19(2)21(29)27-10-5-6-11-27;/h19-20H,4-18H2,1-3H3,(H,23,24);1H. The van der Waals surface area contributed by atoms with Crippen molar-refractivity contribution < 1.29 is 9.53 Å². The summed E-state index contributed by atoms with van der Waals surface area (Å²) in [6.45, 7) is 14.2. The summed E-state index contributed by atoms with van der Waals surface area (Å²) in [6, 6.07) is 0.716. The third-order valence-corrected chi connectivity index (χ3v) is 6.57. The lowest BCUT2D eigenvalue weighted by Crippen LogP contribution is -2.57. The van der Waals surface area contributed by atoms with Crippen LogP contribution in [0.1, 0.15) is 39.5 Å². The van der Waals surface area contributed by atoms with E-state index in [2.05, 4.69) is 33.9 Å². The number of nitrogens with zero attached hydrogens (tertiary/aromatic N) is 5. The molecule has 1 aliphatic carbocycles. The predicted octanol–water partition coefficient (Wildman–Crippen LogP) is 1.31. The van der Waals surface area contributed by atoms with Gasteiger partial charge in [-0.05, 0) is 39.5 Å². The van der Waals surface area contributed by atoms with E-state index in [1.807, 2.05) is 4.90 Å². The average molecular weight is 551 g/mol. The second kappa shape index (κ2) is 13.8. The van der Waals surface area contributed by atoms with Crippen LogP contribution in [0, 0.1) is 0 Å². The molecule has 2 saturated heterocycles. The number of ether oxygens (including phenoxy) is 1.